The van der Waals surface area contributed by atoms with Crippen molar-refractivity contribution in [1.82, 2.24) is 25.0 Å². The molecule has 3 amide bonds. The van der Waals surface area contributed by atoms with E-state index in [1.807, 2.05) is 90.7 Å². The number of carbonyl (C=O) groups is 3. The second-order valence-corrected chi connectivity index (χ2v) is 12.3. The number of amides is 3. The summed E-state index contributed by atoms with van der Waals surface area (Å²) in [6, 6.07) is 18.9. The van der Waals surface area contributed by atoms with Gasteiger partial charge >= 0.3 is 0 Å². The monoisotopic (exact) mass is 559 g/mol. The van der Waals surface area contributed by atoms with Crippen molar-refractivity contribution >= 4 is 28.6 Å². The molecule has 8 heteroatoms. The SMILES string of the molecule is CN[C@@H](C)C(=O)N[C@H](C(=O)N1CCC[C@H]1CN(CCc1ccccc1)C(=O)c1cc2ccccc2n1C)C(C)(C)C. The molecule has 3 aromatic rings. The predicted octanol–water partition coefficient (Wildman–Crippen LogP) is 3.99. The first-order valence-electron chi connectivity index (χ1n) is 14.7. The Labute approximate surface area is 244 Å². The molecule has 0 bridgehead atoms. The summed E-state index contributed by atoms with van der Waals surface area (Å²) in [4.78, 5) is 44.7. The molecule has 8 nitrogen and oxygen atoms in total. The lowest BCUT2D eigenvalue weighted by molar-refractivity contribution is -0.140. The molecule has 4 rings (SSSR count). The number of para-hydroxylation sites is 1. The topological polar surface area (TPSA) is 86.7 Å². The van der Waals surface area contributed by atoms with Gasteiger partial charge in [0.1, 0.15) is 11.7 Å². The number of likely N-dealkylation sites (N-methyl/N-ethyl adjacent to an activating group) is 1. The van der Waals surface area contributed by atoms with Gasteiger partial charge in [-0.3, -0.25) is 14.4 Å². The maximum absolute atomic E-state index is 14.1. The maximum atomic E-state index is 14.1. The van der Waals surface area contributed by atoms with Gasteiger partial charge in [0.25, 0.3) is 5.91 Å². The van der Waals surface area contributed by atoms with E-state index in [0.29, 0.717) is 25.3 Å². The first-order valence-corrected chi connectivity index (χ1v) is 14.7. The number of rotatable bonds is 10. The first-order chi connectivity index (χ1) is 19.5. The third-order valence-electron chi connectivity index (χ3n) is 8.29. The number of hydrogen-bond acceptors (Lipinski definition) is 4. The summed E-state index contributed by atoms with van der Waals surface area (Å²) in [5.74, 6) is -0.328. The molecule has 2 N–H and O–H groups in total. The summed E-state index contributed by atoms with van der Waals surface area (Å²) in [5, 5.41) is 6.98. The molecule has 0 saturated carbocycles. The molecule has 2 heterocycles. The van der Waals surface area contributed by atoms with Crippen molar-refractivity contribution in [2.24, 2.45) is 12.5 Å². The van der Waals surface area contributed by atoms with Crippen LogP contribution in [0.2, 0.25) is 0 Å². The quantitative estimate of drug-likeness (QED) is 0.393. The zero-order chi connectivity index (χ0) is 29.7. The third-order valence-corrected chi connectivity index (χ3v) is 8.29. The Kier molecular flexibility index (Phi) is 9.53. The van der Waals surface area contributed by atoms with E-state index in [2.05, 4.69) is 22.8 Å². The van der Waals surface area contributed by atoms with Crippen molar-refractivity contribution in [3.8, 4) is 0 Å². The van der Waals surface area contributed by atoms with Gasteiger partial charge in [0.05, 0.1) is 6.04 Å². The van der Waals surface area contributed by atoms with Gasteiger partial charge in [-0.2, -0.15) is 0 Å². The summed E-state index contributed by atoms with van der Waals surface area (Å²) in [6.07, 6.45) is 2.40. The van der Waals surface area contributed by atoms with E-state index in [-0.39, 0.29) is 23.8 Å². The van der Waals surface area contributed by atoms with E-state index in [1.165, 1.54) is 0 Å². The van der Waals surface area contributed by atoms with E-state index in [1.54, 1.807) is 14.0 Å². The van der Waals surface area contributed by atoms with Gasteiger partial charge in [-0.15, -0.1) is 0 Å². The van der Waals surface area contributed by atoms with E-state index in [0.717, 1.165) is 35.7 Å². The molecule has 2 aromatic carbocycles. The predicted molar refractivity (Wildman–Crippen MR) is 164 cm³/mol. The van der Waals surface area contributed by atoms with Crippen LogP contribution in [0.3, 0.4) is 0 Å². The fraction of sp³-hybridized carbons (Fsp3) is 0.485. The Bertz CT molecular complexity index is 1360. The van der Waals surface area contributed by atoms with Crippen molar-refractivity contribution in [3.63, 3.8) is 0 Å². The number of aromatic nitrogens is 1. The Hall–Kier alpha value is -3.65. The highest BCUT2D eigenvalue weighted by molar-refractivity contribution is 5.99. The number of aryl methyl sites for hydroxylation is 1. The minimum Gasteiger partial charge on any atom is -0.342 e. The third kappa shape index (κ3) is 6.99. The van der Waals surface area contributed by atoms with Crippen LogP contribution in [-0.4, -0.2) is 76.9 Å². The Balaban J connectivity index is 1.59. The lowest BCUT2D eigenvalue weighted by Crippen LogP contribution is -2.59. The number of fused-ring (bicyclic) bond motifs is 1. The van der Waals surface area contributed by atoms with Gasteiger partial charge < -0.3 is 25.0 Å². The highest BCUT2D eigenvalue weighted by Gasteiger charge is 2.41. The Morgan fingerprint density at radius 3 is 2.39 bits per heavy atom. The molecule has 0 spiro atoms. The van der Waals surface area contributed by atoms with Crippen molar-refractivity contribution in [3.05, 3.63) is 71.9 Å². The zero-order valence-electron chi connectivity index (χ0n) is 25.3. The normalized spacial score (nSPS) is 16.9. The number of benzene rings is 2. The molecular formula is C33H45N5O3. The average Bonchev–Trinajstić information content (AvgIpc) is 3.56. The van der Waals surface area contributed by atoms with Gasteiger partial charge in [-0.05, 0) is 56.3 Å². The molecule has 220 valence electrons. The maximum Gasteiger partial charge on any atom is 0.270 e. The van der Waals surface area contributed by atoms with Crippen molar-refractivity contribution in [2.75, 3.05) is 26.7 Å². The molecule has 1 saturated heterocycles. The highest BCUT2D eigenvalue weighted by atomic mass is 16.2. The standard InChI is InChI=1S/C33H45N5O3/c1-23(34-5)30(39)35-29(33(2,3)4)32(41)38-19-12-16-26(38)22-37(20-18-24-13-8-7-9-14-24)31(40)28-21-25-15-10-11-17-27(25)36(28)6/h7-11,13-15,17,21,23,26,29,34H,12,16,18-20,22H2,1-6H3,(H,35,39)/t23-,26-,29+/m0/s1. The number of nitrogens with zero attached hydrogens (tertiary/aromatic N) is 3. The molecule has 1 aromatic heterocycles. The molecule has 1 aliphatic heterocycles. The van der Waals surface area contributed by atoms with Crippen molar-refractivity contribution < 1.29 is 14.4 Å². The van der Waals surface area contributed by atoms with Gasteiger partial charge in [0.15, 0.2) is 0 Å². The number of carbonyl (C=O) groups excluding carboxylic acids is 3. The van der Waals surface area contributed by atoms with Crippen LogP contribution in [0.5, 0.6) is 0 Å². The fourth-order valence-corrected chi connectivity index (χ4v) is 5.62. The first kappa shape index (κ1) is 30.3. The van der Waals surface area contributed by atoms with Crippen molar-refractivity contribution in [2.45, 2.75) is 65.1 Å². The van der Waals surface area contributed by atoms with Crippen LogP contribution in [-0.2, 0) is 23.1 Å². The molecule has 3 atom stereocenters. The van der Waals surface area contributed by atoms with Crippen LogP contribution in [0.4, 0.5) is 0 Å². The second-order valence-electron chi connectivity index (χ2n) is 12.3. The summed E-state index contributed by atoms with van der Waals surface area (Å²) in [5.41, 5.74) is 2.34. The van der Waals surface area contributed by atoms with E-state index < -0.39 is 17.5 Å². The lowest BCUT2D eigenvalue weighted by Gasteiger charge is -2.37. The number of hydrogen-bond donors (Lipinski definition) is 2. The molecule has 1 aliphatic rings. The highest BCUT2D eigenvalue weighted by Crippen LogP contribution is 2.27. The van der Waals surface area contributed by atoms with Gasteiger partial charge in [0.2, 0.25) is 11.8 Å². The molecule has 0 unspecified atom stereocenters. The van der Waals surface area contributed by atoms with E-state index >= 15 is 0 Å². The van der Waals surface area contributed by atoms with Crippen LogP contribution in [0.25, 0.3) is 10.9 Å². The second kappa shape index (κ2) is 12.9. The van der Waals surface area contributed by atoms with E-state index in [4.69, 9.17) is 0 Å². The lowest BCUT2D eigenvalue weighted by atomic mass is 9.85. The molecule has 41 heavy (non-hydrogen) atoms. The van der Waals surface area contributed by atoms with Gasteiger partial charge in [-0.1, -0.05) is 69.3 Å². The smallest absolute Gasteiger partial charge is 0.270 e. The van der Waals surface area contributed by atoms with Crippen LogP contribution < -0.4 is 10.6 Å². The fourth-order valence-electron chi connectivity index (χ4n) is 5.62. The summed E-state index contributed by atoms with van der Waals surface area (Å²) in [7, 11) is 3.66. The molecule has 0 aliphatic carbocycles. The van der Waals surface area contributed by atoms with Gasteiger partial charge in [-0.25, -0.2) is 0 Å². The van der Waals surface area contributed by atoms with Gasteiger partial charge in [0, 0.05) is 43.6 Å². The minimum atomic E-state index is -0.668. The van der Waals surface area contributed by atoms with Crippen LogP contribution in [0, 0.1) is 5.41 Å². The minimum absolute atomic E-state index is 0.0394. The molecular weight excluding hydrogens is 514 g/mol. The molecule has 0 radical (unpaired) electrons. The summed E-state index contributed by atoms with van der Waals surface area (Å²) >= 11 is 0. The number of nitrogens with one attached hydrogen (secondary N) is 2. The summed E-state index contributed by atoms with van der Waals surface area (Å²) < 4.78 is 1.96. The number of likely N-dealkylation sites (tertiary alicyclic amines) is 1. The average molecular weight is 560 g/mol. The van der Waals surface area contributed by atoms with E-state index in [9.17, 15) is 14.4 Å². The van der Waals surface area contributed by atoms with Crippen LogP contribution in [0.15, 0.2) is 60.7 Å². The van der Waals surface area contributed by atoms with Crippen molar-refractivity contribution in [1.29, 1.82) is 0 Å². The molecule has 1 fully saturated rings. The van der Waals surface area contributed by atoms with Crippen LogP contribution in [0.1, 0.15) is 56.6 Å². The largest absolute Gasteiger partial charge is 0.342 e. The zero-order valence-corrected chi connectivity index (χ0v) is 25.3. The summed E-state index contributed by atoms with van der Waals surface area (Å²) in [6.45, 7) is 9.30. The van der Waals surface area contributed by atoms with Crippen LogP contribution >= 0.6 is 0 Å². The Morgan fingerprint density at radius 2 is 1.73 bits per heavy atom. The Morgan fingerprint density at radius 1 is 1.05 bits per heavy atom.